The highest BCUT2D eigenvalue weighted by atomic mass is 16.1. The molecule has 25 heavy (non-hydrogen) atoms. The zero-order chi connectivity index (χ0) is 17.9. The third-order valence-corrected chi connectivity index (χ3v) is 4.63. The topological polar surface area (TPSA) is 22.0 Å². The lowest BCUT2D eigenvalue weighted by Crippen LogP contribution is -2.11. The fourth-order valence-corrected chi connectivity index (χ4v) is 3.24. The molecule has 0 saturated heterocycles. The summed E-state index contributed by atoms with van der Waals surface area (Å²) in [5.74, 6) is 0. The zero-order valence-electron chi connectivity index (χ0n) is 15.5. The molecule has 0 N–H and O–H groups in total. The first-order valence-corrected chi connectivity index (χ1v) is 9.68. The van der Waals surface area contributed by atoms with Crippen LogP contribution in [-0.4, -0.2) is 4.57 Å². The van der Waals surface area contributed by atoms with Crippen molar-refractivity contribution in [3.05, 3.63) is 65.0 Å². The molecule has 2 aromatic rings. The van der Waals surface area contributed by atoms with E-state index in [9.17, 15) is 4.79 Å². The molecule has 0 aliphatic rings. The molecule has 0 amide bonds. The summed E-state index contributed by atoms with van der Waals surface area (Å²) in [5.41, 5.74) is 2.03. The number of allylic oxidation sites excluding steroid dienone is 2. The van der Waals surface area contributed by atoms with Crippen LogP contribution in [-0.2, 0) is 6.54 Å². The Balaban J connectivity index is 1.99. The Labute approximate surface area is 151 Å². The van der Waals surface area contributed by atoms with E-state index in [4.69, 9.17) is 0 Å². The van der Waals surface area contributed by atoms with Gasteiger partial charge in [-0.2, -0.15) is 0 Å². The van der Waals surface area contributed by atoms with Gasteiger partial charge in [-0.15, -0.1) is 6.58 Å². The molecular formula is C23H31NO. The molecule has 1 aromatic carbocycles. The number of unbranched alkanes of at least 4 members (excludes halogenated alkanes) is 7. The Hall–Kier alpha value is -2.09. The average Bonchev–Trinajstić information content (AvgIpc) is 2.63. The summed E-state index contributed by atoms with van der Waals surface area (Å²) in [7, 11) is 0. The van der Waals surface area contributed by atoms with Crippen molar-refractivity contribution in [2.45, 2.75) is 64.8 Å². The highest BCUT2D eigenvalue weighted by Crippen LogP contribution is 2.15. The third-order valence-electron chi connectivity index (χ3n) is 4.63. The minimum Gasteiger partial charge on any atom is -0.337 e. The van der Waals surface area contributed by atoms with Gasteiger partial charge in [0.1, 0.15) is 0 Å². The zero-order valence-corrected chi connectivity index (χ0v) is 15.5. The maximum absolute atomic E-state index is 12.3. The lowest BCUT2D eigenvalue weighted by Gasteiger charge is -2.12. The number of nitrogens with zero attached hydrogens (tertiary/aromatic N) is 1. The number of benzene rings is 1. The van der Waals surface area contributed by atoms with Gasteiger partial charge in [0.15, 0.2) is 5.43 Å². The van der Waals surface area contributed by atoms with E-state index >= 15 is 0 Å². The van der Waals surface area contributed by atoms with Crippen LogP contribution in [0.5, 0.6) is 0 Å². The number of hydrogen-bond donors (Lipinski definition) is 0. The number of aromatic nitrogens is 1. The minimum atomic E-state index is 0.0893. The standard InChI is InChI=1S/C23H31NO/c1-3-5-6-7-8-9-10-11-12-15-20-19-23(25)21-16-13-14-17-22(21)24(20)18-4-2/h4,12-17,19H,2-3,5-11,18H2,1H3/b15-12+. The van der Waals surface area contributed by atoms with E-state index in [1.165, 1.54) is 44.9 Å². The summed E-state index contributed by atoms with van der Waals surface area (Å²) in [6.45, 7) is 6.81. The summed E-state index contributed by atoms with van der Waals surface area (Å²) < 4.78 is 2.16. The van der Waals surface area contributed by atoms with Crippen molar-refractivity contribution in [3.63, 3.8) is 0 Å². The third kappa shape index (κ3) is 5.74. The number of pyridine rings is 1. The van der Waals surface area contributed by atoms with Crippen molar-refractivity contribution in [1.82, 2.24) is 4.57 Å². The molecule has 134 valence electrons. The normalized spacial score (nSPS) is 11.4. The largest absolute Gasteiger partial charge is 0.337 e. The summed E-state index contributed by atoms with van der Waals surface area (Å²) >= 11 is 0. The van der Waals surface area contributed by atoms with Gasteiger partial charge in [-0.3, -0.25) is 4.79 Å². The lowest BCUT2D eigenvalue weighted by molar-refractivity contribution is 0.592. The average molecular weight is 338 g/mol. The van der Waals surface area contributed by atoms with E-state index in [2.05, 4.69) is 30.2 Å². The van der Waals surface area contributed by atoms with E-state index in [1.807, 2.05) is 30.3 Å². The van der Waals surface area contributed by atoms with Gasteiger partial charge in [0.25, 0.3) is 0 Å². The molecule has 1 heterocycles. The van der Waals surface area contributed by atoms with Gasteiger partial charge in [0.05, 0.1) is 5.52 Å². The van der Waals surface area contributed by atoms with Gasteiger partial charge in [-0.25, -0.2) is 0 Å². The van der Waals surface area contributed by atoms with Crippen LogP contribution in [0.3, 0.4) is 0 Å². The van der Waals surface area contributed by atoms with Crippen LogP contribution >= 0.6 is 0 Å². The van der Waals surface area contributed by atoms with Crippen molar-refractivity contribution in [3.8, 4) is 0 Å². The predicted molar refractivity (Wildman–Crippen MR) is 110 cm³/mol. The molecule has 0 spiro atoms. The van der Waals surface area contributed by atoms with Crippen molar-refractivity contribution < 1.29 is 0 Å². The van der Waals surface area contributed by atoms with E-state index < -0.39 is 0 Å². The first-order chi connectivity index (χ1) is 12.3. The minimum absolute atomic E-state index is 0.0893. The van der Waals surface area contributed by atoms with Crippen molar-refractivity contribution >= 4 is 17.0 Å². The van der Waals surface area contributed by atoms with Gasteiger partial charge >= 0.3 is 0 Å². The monoisotopic (exact) mass is 337 g/mol. The van der Waals surface area contributed by atoms with Crippen molar-refractivity contribution in [2.75, 3.05) is 0 Å². The molecule has 0 fully saturated rings. The number of hydrogen-bond acceptors (Lipinski definition) is 1. The predicted octanol–water partition coefficient (Wildman–Crippen LogP) is 6.34. The smallest absolute Gasteiger partial charge is 0.190 e. The van der Waals surface area contributed by atoms with Crippen LogP contribution in [0.1, 0.15) is 64.0 Å². The summed E-state index contributed by atoms with van der Waals surface area (Å²) in [6, 6.07) is 9.54. The van der Waals surface area contributed by atoms with E-state index in [1.54, 1.807) is 6.07 Å². The van der Waals surface area contributed by atoms with Crippen LogP contribution in [0.2, 0.25) is 0 Å². The lowest BCUT2D eigenvalue weighted by atomic mass is 10.1. The molecule has 0 radical (unpaired) electrons. The maximum atomic E-state index is 12.3. The number of para-hydroxylation sites is 1. The van der Waals surface area contributed by atoms with Crippen LogP contribution < -0.4 is 5.43 Å². The van der Waals surface area contributed by atoms with Crippen molar-refractivity contribution in [1.29, 1.82) is 0 Å². The van der Waals surface area contributed by atoms with Crippen LogP contribution in [0.4, 0.5) is 0 Å². The second-order valence-corrected chi connectivity index (χ2v) is 6.66. The van der Waals surface area contributed by atoms with Gasteiger partial charge in [0.2, 0.25) is 0 Å². The van der Waals surface area contributed by atoms with Crippen LogP contribution in [0.25, 0.3) is 17.0 Å². The molecule has 0 aliphatic carbocycles. The van der Waals surface area contributed by atoms with Crippen molar-refractivity contribution in [2.24, 2.45) is 0 Å². The first kappa shape index (κ1) is 19.2. The molecule has 2 nitrogen and oxygen atoms in total. The Bertz CT molecular complexity index is 754. The fraction of sp³-hybridized carbons (Fsp3) is 0.435. The Morgan fingerprint density at radius 3 is 2.52 bits per heavy atom. The molecular weight excluding hydrogens is 306 g/mol. The molecule has 0 saturated carbocycles. The molecule has 2 heteroatoms. The molecule has 1 aromatic heterocycles. The van der Waals surface area contributed by atoms with Crippen LogP contribution in [0.15, 0.2) is 53.9 Å². The Kier molecular flexibility index (Phi) is 8.24. The molecule has 0 atom stereocenters. The van der Waals surface area contributed by atoms with E-state index in [0.29, 0.717) is 6.54 Å². The van der Waals surface area contributed by atoms with Crippen LogP contribution in [0, 0.1) is 0 Å². The highest BCUT2D eigenvalue weighted by molar-refractivity contribution is 5.80. The Morgan fingerprint density at radius 1 is 1.04 bits per heavy atom. The highest BCUT2D eigenvalue weighted by Gasteiger charge is 2.05. The second kappa shape index (κ2) is 10.7. The molecule has 0 aliphatic heterocycles. The molecule has 0 bridgehead atoms. The first-order valence-electron chi connectivity index (χ1n) is 9.68. The second-order valence-electron chi connectivity index (χ2n) is 6.66. The van der Waals surface area contributed by atoms with Gasteiger partial charge in [-0.1, -0.05) is 69.7 Å². The summed E-state index contributed by atoms with van der Waals surface area (Å²) in [4.78, 5) is 12.3. The number of rotatable bonds is 11. The fourth-order valence-electron chi connectivity index (χ4n) is 3.24. The summed E-state index contributed by atoms with van der Waals surface area (Å²) in [5, 5.41) is 0.772. The van der Waals surface area contributed by atoms with Gasteiger partial charge < -0.3 is 4.57 Å². The Morgan fingerprint density at radius 2 is 1.76 bits per heavy atom. The summed E-state index contributed by atoms with van der Waals surface area (Å²) in [6.07, 6.45) is 16.5. The maximum Gasteiger partial charge on any atom is 0.190 e. The van der Waals surface area contributed by atoms with E-state index in [0.717, 1.165) is 23.0 Å². The number of fused-ring (bicyclic) bond motifs is 1. The molecule has 0 unspecified atom stereocenters. The van der Waals surface area contributed by atoms with Gasteiger partial charge in [-0.05, 0) is 31.1 Å². The van der Waals surface area contributed by atoms with Gasteiger partial charge in [0, 0.05) is 23.7 Å². The van der Waals surface area contributed by atoms with E-state index in [-0.39, 0.29) is 5.43 Å². The quantitative estimate of drug-likeness (QED) is 0.346. The molecule has 2 rings (SSSR count). The SMILES string of the molecule is C=CCn1c(/C=C/CCCCCCCCC)cc(=O)c2ccccc21.